The first-order valence-electron chi connectivity index (χ1n) is 10.8. The maximum Gasteiger partial charge on any atom is 0.258 e. The summed E-state index contributed by atoms with van der Waals surface area (Å²) in [4.78, 5) is 20.7. The minimum Gasteiger partial charge on any atom is -0.452 e. The number of halogens is 1. The fourth-order valence-electron chi connectivity index (χ4n) is 4.19. The van der Waals surface area contributed by atoms with Crippen molar-refractivity contribution in [3.05, 3.63) is 99.4 Å². The summed E-state index contributed by atoms with van der Waals surface area (Å²) in [6.07, 6.45) is 0. The van der Waals surface area contributed by atoms with Gasteiger partial charge in [-0.3, -0.25) is 4.79 Å². The normalized spacial score (nSPS) is 12.5. The molecule has 1 aromatic heterocycles. The van der Waals surface area contributed by atoms with Crippen LogP contribution in [0.2, 0.25) is 0 Å². The monoisotopic (exact) mass is 469 g/mol. The Morgan fingerprint density at radius 2 is 1.88 bits per heavy atom. The molecule has 34 heavy (non-hydrogen) atoms. The van der Waals surface area contributed by atoms with Crippen LogP contribution in [0.25, 0.3) is 10.4 Å². The lowest BCUT2D eigenvalue weighted by molar-refractivity contribution is 0.0765. The molecule has 0 radical (unpaired) electrons. The molecule has 4 aromatic rings. The molecule has 0 fully saturated rings. The van der Waals surface area contributed by atoms with E-state index in [-0.39, 0.29) is 23.0 Å². The molecular formula is C27H20FN3O2S. The van der Waals surface area contributed by atoms with E-state index in [4.69, 9.17) is 4.74 Å². The summed E-state index contributed by atoms with van der Waals surface area (Å²) in [6, 6.07) is 19.5. The quantitative estimate of drug-likeness (QED) is 0.340. The topological polar surface area (TPSA) is 66.2 Å². The molecule has 0 saturated heterocycles. The number of carbonyl (C=O) groups is 1. The van der Waals surface area contributed by atoms with E-state index in [0.717, 1.165) is 32.3 Å². The van der Waals surface area contributed by atoms with Crippen LogP contribution in [0, 0.1) is 31.0 Å². The number of nitriles is 1. The molecule has 3 aromatic carbocycles. The Kier molecular flexibility index (Phi) is 5.60. The molecule has 0 unspecified atom stereocenters. The summed E-state index contributed by atoms with van der Waals surface area (Å²) in [7, 11) is 0. The number of hydrogen-bond acceptors (Lipinski definition) is 5. The standard InChI is InChI=1S/C27H20FN3O2S/c1-16-26(34-17(2)30-16)19-11-9-18(10-12-19)14-31-15-21-6-4-8-23(24(21)27(31)32)33-25-20(13-29)5-3-7-22(25)28/h3-12H,14-15H2,1-2H3. The first-order valence-corrected chi connectivity index (χ1v) is 11.6. The van der Waals surface area contributed by atoms with Gasteiger partial charge in [0.15, 0.2) is 11.6 Å². The second-order valence-electron chi connectivity index (χ2n) is 8.13. The fraction of sp³-hybridized carbons (Fsp3) is 0.148. The van der Waals surface area contributed by atoms with Gasteiger partial charge in [-0.1, -0.05) is 42.5 Å². The molecular weight excluding hydrogens is 449 g/mol. The maximum absolute atomic E-state index is 14.3. The summed E-state index contributed by atoms with van der Waals surface area (Å²) < 4.78 is 20.1. The van der Waals surface area contributed by atoms with E-state index < -0.39 is 5.82 Å². The lowest BCUT2D eigenvalue weighted by Gasteiger charge is -2.16. The molecule has 1 amide bonds. The van der Waals surface area contributed by atoms with E-state index >= 15 is 0 Å². The van der Waals surface area contributed by atoms with Crippen molar-refractivity contribution in [2.75, 3.05) is 0 Å². The number of thiazole rings is 1. The van der Waals surface area contributed by atoms with Crippen LogP contribution in [0.5, 0.6) is 11.5 Å². The Balaban J connectivity index is 1.37. The zero-order valence-corrected chi connectivity index (χ0v) is 19.4. The minimum atomic E-state index is -0.648. The second kappa shape index (κ2) is 8.73. The number of ether oxygens (including phenoxy) is 1. The molecule has 5 rings (SSSR count). The van der Waals surface area contributed by atoms with Crippen molar-refractivity contribution in [3.63, 3.8) is 0 Å². The minimum absolute atomic E-state index is 0.0753. The molecule has 5 nitrogen and oxygen atoms in total. The maximum atomic E-state index is 14.3. The highest BCUT2D eigenvalue weighted by Gasteiger charge is 2.31. The van der Waals surface area contributed by atoms with Gasteiger partial charge in [-0.05, 0) is 48.7 Å². The van der Waals surface area contributed by atoms with Crippen molar-refractivity contribution in [2.45, 2.75) is 26.9 Å². The number of fused-ring (bicyclic) bond motifs is 1. The third-order valence-electron chi connectivity index (χ3n) is 5.77. The van der Waals surface area contributed by atoms with Crippen molar-refractivity contribution in [1.82, 2.24) is 9.88 Å². The third kappa shape index (κ3) is 3.93. The number of benzene rings is 3. The summed E-state index contributed by atoms with van der Waals surface area (Å²) in [5.41, 5.74) is 4.42. The van der Waals surface area contributed by atoms with Gasteiger partial charge in [-0.2, -0.15) is 5.26 Å². The third-order valence-corrected chi connectivity index (χ3v) is 6.89. The predicted octanol–water partition coefficient (Wildman–Crippen LogP) is 6.39. The van der Waals surface area contributed by atoms with Gasteiger partial charge in [-0.25, -0.2) is 9.37 Å². The molecule has 0 bridgehead atoms. The molecule has 0 atom stereocenters. The van der Waals surface area contributed by atoms with Gasteiger partial charge in [0.05, 0.1) is 26.7 Å². The largest absolute Gasteiger partial charge is 0.452 e. The zero-order chi connectivity index (χ0) is 23.8. The van der Waals surface area contributed by atoms with E-state index in [1.807, 2.05) is 38.1 Å². The molecule has 0 aliphatic carbocycles. The van der Waals surface area contributed by atoms with Gasteiger partial charge in [0.25, 0.3) is 5.91 Å². The number of amides is 1. The van der Waals surface area contributed by atoms with Crippen LogP contribution in [-0.2, 0) is 13.1 Å². The number of carbonyl (C=O) groups excluding carboxylic acids is 1. The second-order valence-corrected chi connectivity index (χ2v) is 9.33. The van der Waals surface area contributed by atoms with Crippen LogP contribution in [-0.4, -0.2) is 15.8 Å². The van der Waals surface area contributed by atoms with Gasteiger partial charge < -0.3 is 9.64 Å². The van der Waals surface area contributed by atoms with Gasteiger partial charge in [0.2, 0.25) is 0 Å². The van der Waals surface area contributed by atoms with Crippen LogP contribution in [0.4, 0.5) is 4.39 Å². The molecule has 7 heteroatoms. The lowest BCUT2D eigenvalue weighted by atomic mass is 10.1. The molecule has 2 heterocycles. The van der Waals surface area contributed by atoms with Crippen molar-refractivity contribution in [3.8, 4) is 28.0 Å². The Morgan fingerprint density at radius 1 is 1.12 bits per heavy atom. The average Bonchev–Trinajstić information content (AvgIpc) is 3.34. The Hall–Kier alpha value is -4.02. The van der Waals surface area contributed by atoms with Crippen molar-refractivity contribution in [2.24, 2.45) is 0 Å². The van der Waals surface area contributed by atoms with Crippen LogP contribution >= 0.6 is 11.3 Å². The number of nitrogens with zero attached hydrogens (tertiary/aromatic N) is 3. The number of aryl methyl sites for hydroxylation is 2. The molecule has 0 spiro atoms. The van der Waals surface area contributed by atoms with Gasteiger partial charge in [0, 0.05) is 13.1 Å². The van der Waals surface area contributed by atoms with Crippen LogP contribution < -0.4 is 4.74 Å². The van der Waals surface area contributed by atoms with E-state index in [1.54, 1.807) is 28.4 Å². The van der Waals surface area contributed by atoms with Crippen LogP contribution in [0.1, 0.15) is 37.7 Å². The Labute approximate surface area is 200 Å². The van der Waals surface area contributed by atoms with Crippen molar-refractivity contribution in [1.29, 1.82) is 5.26 Å². The van der Waals surface area contributed by atoms with Crippen LogP contribution in [0.15, 0.2) is 60.7 Å². The number of para-hydroxylation sites is 1. The fourth-order valence-corrected chi connectivity index (χ4v) is 5.12. The molecule has 0 N–H and O–H groups in total. The highest BCUT2D eigenvalue weighted by Crippen LogP contribution is 2.37. The van der Waals surface area contributed by atoms with Crippen LogP contribution in [0.3, 0.4) is 0 Å². The van der Waals surface area contributed by atoms with E-state index in [9.17, 15) is 14.4 Å². The summed E-state index contributed by atoms with van der Waals surface area (Å²) >= 11 is 1.67. The average molecular weight is 470 g/mol. The van der Waals surface area contributed by atoms with Gasteiger partial charge in [0.1, 0.15) is 11.8 Å². The predicted molar refractivity (Wildman–Crippen MR) is 128 cm³/mol. The summed E-state index contributed by atoms with van der Waals surface area (Å²) in [6.45, 7) is 4.88. The lowest BCUT2D eigenvalue weighted by Crippen LogP contribution is -2.23. The summed E-state index contributed by atoms with van der Waals surface area (Å²) in [5, 5.41) is 10.3. The number of rotatable bonds is 5. The molecule has 1 aliphatic heterocycles. The molecule has 0 saturated carbocycles. The molecule has 1 aliphatic rings. The number of aromatic nitrogens is 1. The van der Waals surface area contributed by atoms with Crippen molar-refractivity contribution >= 4 is 17.2 Å². The highest BCUT2D eigenvalue weighted by atomic mass is 32.1. The summed E-state index contributed by atoms with van der Waals surface area (Å²) in [5.74, 6) is -0.754. The van der Waals surface area contributed by atoms with Gasteiger partial charge >= 0.3 is 0 Å². The highest BCUT2D eigenvalue weighted by molar-refractivity contribution is 7.15. The van der Waals surface area contributed by atoms with Gasteiger partial charge in [-0.15, -0.1) is 11.3 Å². The first kappa shape index (κ1) is 21.8. The SMILES string of the molecule is Cc1nc(C)c(-c2ccc(CN3Cc4cccc(Oc5c(F)cccc5C#N)c4C3=O)cc2)s1. The first-order chi connectivity index (χ1) is 16.4. The van der Waals surface area contributed by atoms with Crippen molar-refractivity contribution < 1.29 is 13.9 Å². The molecule has 168 valence electrons. The zero-order valence-electron chi connectivity index (χ0n) is 18.6. The van der Waals surface area contributed by atoms with E-state index in [2.05, 4.69) is 17.1 Å². The number of hydrogen-bond donors (Lipinski definition) is 0. The van der Waals surface area contributed by atoms with E-state index in [0.29, 0.717) is 18.7 Å². The van der Waals surface area contributed by atoms with E-state index in [1.165, 1.54) is 18.2 Å². The Bertz CT molecular complexity index is 1450. The smallest absolute Gasteiger partial charge is 0.258 e. The Morgan fingerprint density at radius 3 is 2.59 bits per heavy atom.